The smallest absolute Gasteiger partial charge is 0.252 e. The van der Waals surface area contributed by atoms with Gasteiger partial charge in [0.15, 0.2) is 0 Å². The molecule has 0 aromatic heterocycles. The fourth-order valence-electron chi connectivity index (χ4n) is 2.53. The third-order valence-corrected chi connectivity index (χ3v) is 3.95. The van der Waals surface area contributed by atoms with Crippen LogP contribution in [0.15, 0.2) is 54.6 Å². The van der Waals surface area contributed by atoms with E-state index in [4.69, 9.17) is 0 Å². The van der Waals surface area contributed by atoms with Crippen LogP contribution in [0.1, 0.15) is 15.9 Å². The summed E-state index contributed by atoms with van der Waals surface area (Å²) >= 11 is 0. The van der Waals surface area contributed by atoms with E-state index >= 15 is 0 Å². The van der Waals surface area contributed by atoms with E-state index in [1.807, 2.05) is 67.5 Å². The predicted octanol–water partition coefficient (Wildman–Crippen LogP) is 2.18. The average molecular weight is 339 g/mol. The molecule has 0 fully saturated rings. The molecule has 5 nitrogen and oxygen atoms in total. The molecule has 2 amide bonds. The maximum atomic E-state index is 12.6. The zero-order valence-electron chi connectivity index (χ0n) is 15.2. The van der Waals surface area contributed by atoms with Crippen molar-refractivity contribution < 1.29 is 9.59 Å². The minimum absolute atomic E-state index is 0.124. The van der Waals surface area contributed by atoms with Gasteiger partial charge in [-0.1, -0.05) is 36.4 Å². The lowest BCUT2D eigenvalue weighted by molar-refractivity contribution is -0.130. The first kappa shape index (κ1) is 18.5. The topological polar surface area (TPSA) is 52.7 Å². The molecule has 5 heteroatoms. The first-order valence-corrected chi connectivity index (χ1v) is 8.22. The average Bonchev–Trinajstić information content (AvgIpc) is 2.61. The molecule has 0 spiro atoms. The lowest BCUT2D eigenvalue weighted by Gasteiger charge is -2.22. The fourth-order valence-corrected chi connectivity index (χ4v) is 2.53. The number of anilines is 1. The molecule has 1 atom stereocenters. The van der Waals surface area contributed by atoms with Gasteiger partial charge in [-0.25, -0.2) is 0 Å². The maximum Gasteiger partial charge on any atom is 0.252 e. The molecular weight excluding hydrogens is 314 g/mol. The summed E-state index contributed by atoms with van der Waals surface area (Å²) in [6.45, 7) is 0. The lowest BCUT2D eigenvalue weighted by atomic mass is 10.0. The molecule has 0 radical (unpaired) electrons. The molecule has 0 aliphatic carbocycles. The van der Waals surface area contributed by atoms with Crippen LogP contribution >= 0.6 is 0 Å². The van der Waals surface area contributed by atoms with E-state index in [1.165, 1.54) is 4.90 Å². The van der Waals surface area contributed by atoms with Crippen LogP contribution in [0.3, 0.4) is 0 Å². The lowest BCUT2D eigenvalue weighted by Crippen LogP contribution is -2.47. The number of hydrogen-bond donors (Lipinski definition) is 1. The van der Waals surface area contributed by atoms with Crippen LogP contribution in [0, 0.1) is 0 Å². The van der Waals surface area contributed by atoms with Crippen molar-refractivity contribution in [3.8, 4) is 0 Å². The Morgan fingerprint density at radius 3 is 2.24 bits per heavy atom. The van der Waals surface area contributed by atoms with E-state index in [0.29, 0.717) is 12.0 Å². The standard InChI is InChI=1S/C20H25N3O2/c1-22(2)17-12-8-11-16(14-17)19(24)21-18(20(25)23(3)4)13-15-9-6-5-7-10-15/h5-12,14,18H,13H2,1-4H3,(H,21,24). The minimum atomic E-state index is -0.604. The highest BCUT2D eigenvalue weighted by atomic mass is 16.2. The summed E-state index contributed by atoms with van der Waals surface area (Å²) in [5.41, 5.74) is 2.48. The van der Waals surface area contributed by atoms with Gasteiger partial charge in [0.2, 0.25) is 5.91 Å². The third-order valence-electron chi connectivity index (χ3n) is 3.95. The van der Waals surface area contributed by atoms with Gasteiger partial charge >= 0.3 is 0 Å². The van der Waals surface area contributed by atoms with Crippen molar-refractivity contribution in [1.82, 2.24) is 10.2 Å². The van der Waals surface area contributed by atoms with E-state index in [0.717, 1.165) is 11.3 Å². The number of amides is 2. The van der Waals surface area contributed by atoms with Crippen molar-refractivity contribution in [2.24, 2.45) is 0 Å². The molecule has 2 aromatic carbocycles. The first-order chi connectivity index (χ1) is 11.9. The number of hydrogen-bond acceptors (Lipinski definition) is 3. The summed E-state index contributed by atoms with van der Waals surface area (Å²) in [4.78, 5) is 28.6. The van der Waals surface area contributed by atoms with Gasteiger partial charge < -0.3 is 15.1 Å². The van der Waals surface area contributed by atoms with E-state index in [-0.39, 0.29) is 11.8 Å². The molecule has 0 saturated heterocycles. The summed E-state index contributed by atoms with van der Waals surface area (Å²) in [6.07, 6.45) is 0.455. The zero-order valence-corrected chi connectivity index (χ0v) is 15.2. The number of rotatable bonds is 6. The highest BCUT2D eigenvalue weighted by Gasteiger charge is 2.23. The van der Waals surface area contributed by atoms with Crippen molar-refractivity contribution >= 4 is 17.5 Å². The normalized spacial score (nSPS) is 11.5. The number of nitrogens with zero attached hydrogens (tertiary/aromatic N) is 2. The van der Waals surface area contributed by atoms with E-state index in [9.17, 15) is 9.59 Å². The Balaban J connectivity index is 2.19. The van der Waals surface area contributed by atoms with Crippen LogP contribution in [0.5, 0.6) is 0 Å². The van der Waals surface area contributed by atoms with Crippen LogP contribution in [0.25, 0.3) is 0 Å². The molecule has 0 aliphatic heterocycles. The number of likely N-dealkylation sites (N-methyl/N-ethyl adjacent to an activating group) is 1. The van der Waals surface area contributed by atoms with Gasteiger partial charge in [0.1, 0.15) is 6.04 Å². The highest BCUT2D eigenvalue weighted by Crippen LogP contribution is 2.14. The number of benzene rings is 2. The molecule has 0 saturated carbocycles. The number of carbonyl (C=O) groups is 2. The molecule has 1 unspecified atom stereocenters. The molecule has 2 rings (SSSR count). The molecule has 0 bridgehead atoms. The number of nitrogens with one attached hydrogen (secondary N) is 1. The van der Waals surface area contributed by atoms with Gasteiger partial charge in [0.25, 0.3) is 5.91 Å². The van der Waals surface area contributed by atoms with Gasteiger partial charge in [0.05, 0.1) is 0 Å². The molecule has 0 aliphatic rings. The van der Waals surface area contributed by atoms with Crippen molar-refractivity contribution in [3.05, 3.63) is 65.7 Å². The Morgan fingerprint density at radius 2 is 1.64 bits per heavy atom. The molecule has 2 aromatic rings. The monoisotopic (exact) mass is 339 g/mol. The van der Waals surface area contributed by atoms with Gasteiger partial charge in [-0.3, -0.25) is 9.59 Å². The molecular formula is C20H25N3O2. The molecule has 25 heavy (non-hydrogen) atoms. The predicted molar refractivity (Wildman–Crippen MR) is 101 cm³/mol. The summed E-state index contributed by atoms with van der Waals surface area (Å²) < 4.78 is 0. The van der Waals surface area contributed by atoms with E-state index < -0.39 is 6.04 Å². The molecule has 1 N–H and O–H groups in total. The van der Waals surface area contributed by atoms with Gasteiger partial charge in [-0.15, -0.1) is 0 Å². The minimum Gasteiger partial charge on any atom is -0.378 e. The Bertz CT molecular complexity index is 727. The quantitative estimate of drug-likeness (QED) is 0.878. The highest BCUT2D eigenvalue weighted by molar-refractivity contribution is 5.98. The molecule has 0 heterocycles. The van der Waals surface area contributed by atoms with Gasteiger partial charge in [0, 0.05) is 45.9 Å². The summed E-state index contributed by atoms with van der Waals surface area (Å²) in [5, 5.41) is 2.88. The third kappa shape index (κ3) is 5.08. The second kappa shape index (κ2) is 8.33. The van der Waals surface area contributed by atoms with Crippen LogP contribution in [0.2, 0.25) is 0 Å². The first-order valence-electron chi connectivity index (χ1n) is 8.22. The fraction of sp³-hybridized carbons (Fsp3) is 0.300. The second-order valence-electron chi connectivity index (χ2n) is 6.39. The van der Waals surface area contributed by atoms with Crippen molar-refractivity contribution in [3.63, 3.8) is 0 Å². The van der Waals surface area contributed by atoms with Crippen molar-refractivity contribution in [2.45, 2.75) is 12.5 Å². The Hall–Kier alpha value is -2.82. The van der Waals surface area contributed by atoms with E-state index in [1.54, 1.807) is 20.2 Å². The van der Waals surface area contributed by atoms with Crippen LogP contribution in [-0.4, -0.2) is 50.9 Å². The summed E-state index contributed by atoms with van der Waals surface area (Å²) in [7, 11) is 7.23. The van der Waals surface area contributed by atoms with Crippen molar-refractivity contribution in [2.75, 3.05) is 33.1 Å². The van der Waals surface area contributed by atoms with Crippen LogP contribution < -0.4 is 10.2 Å². The van der Waals surface area contributed by atoms with E-state index in [2.05, 4.69) is 5.32 Å². The zero-order chi connectivity index (χ0) is 18.4. The largest absolute Gasteiger partial charge is 0.378 e. The number of carbonyl (C=O) groups excluding carboxylic acids is 2. The van der Waals surface area contributed by atoms with Gasteiger partial charge in [-0.05, 0) is 23.8 Å². The maximum absolute atomic E-state index is 12.6. The molecule has 132 valence electrons. The Morgan fingerprint density at radius 1 is 0.960 bits per heavy atom. The summed E-state index contributed by atoms with van der Waals surface area (Å²) in [5.74, 6) is -0.374. The van der Waals surface area contributed by atoms with Crippen LogP contribution in [-0.2, 0) is 11.2 Å². The van der Waals surface area contributed by atoms with Crippen LogP contribution in [0.4, 0.5) is 5.69 Å². The van der Waals surface area contributed by atoms with Crippen molar-refractivity contribution in [1.29, 1.82) is 0 Å². The Labute approximate surface area is 149 Å². The SMILES string of the molecule is CN(C)C(=O)C(Cc1ccccc1)NC(=O)c1cccc(N(C)C)c1. The Kier molecular flexibility index (Phi) is 6.17. The van der Waals surface area contributed by atoms with Gasteiger partial charge in [-0.2, -0.15) is 0 Å². The second-order valence-corrected chi connectivity index (χ2v) is 6.39. The summed E-state index contributed by atoms with van der Waals surface area (Å²) in [6, 6.07) is 16.4.